The lowest BCUT2D eigenvalue weighted by Gasteiger charge is -2.33. The molecule has 1 amide bonds. The van der Waals surface area contributed by atoms with Crippen molar-refractivity contribution in [2.45, 2.75) is 52.1 Å². The van der Waals surface area contributed by atoms with Crippen LogP contribution >= 0.6 is 0 Å². The first kappa shape index (κ1) is 15.8. The fraction of sp³-hybridized carbons (Fsp3) is 0.938. The highest BCUT2D eigenvalue weighted by Gasteiger charge is 2.24. The second kappa shape index (κ2) is 7.99. The molecule has 0 aromatic heterocycles. The van der Waals surface area contributed by atoms with Crippen molar-refractivity contribution in [3.63, 3.8) is 0 Å². The van der Waals surface area contributed by atoms with Gasteiger partial charge < -0.3 is 14.5 Å². The molecule has 116 valence electrons. The number of rotatable bonds is 5. The lowest BCUT2D eigenvalue weighted by atomic mass is 9.94. The Balaban J connectivity index is 1.63. The third kappa shape index (κ3) is 4.45. The first-order valence-electron chi connectivity index (χ1n) is 8.34. The summed E-state index contributed by atoms with van der Waals surface area (Å²) in [6, 6.07) is 0. The zero-order valence-electron chi connectivity index (χ0n) is 13.1. The molecule has 0 bridgehead atoms. The maximum atomic E-state index is 12.1. The molecule has 2 aliphatic heterocycles. The van der Waals surface area contributed by atoms with Crippen LogP contribution in [0.5, 0.6) is 0 Å². The van der Waals surface area contributed by atoms with Gasteiger partial charge in [0.25, 0.3) is 0 Å². The van der Waals surface area contributed by atoms with Gasteiger partial charge in [-0.3, -0.25) is 4.79 Å². The number of piperidine rings is 2. The lowest BCUT2D eigenvalue weighted by Crippen LogP contribution is -2.42. The number of carbonyl (C=O) groups is 1. The standard InChI is InChI=1S/C16H30N2O2/c1-3-14-5-11-18(12-6-14)16(19)13-20-15-7-9-17(4-2)10-8-15/h14-15H,3-13H2,1-2H3. The Hall–Kier alpha value is -0.610. The smallest absolute Gasteiger partial charge is 0.248 e. The van der Waals surface area contributed by atoms with Crippen molar-refractivity contribution in [1.29, 1.82) is 0 Å². The number of amides is 1. The number of likely N-dealkylation sites (tertiary alicyclic amines) is 2. The van der Waals surface area contributed by atoms with E-state index in [1.54, 1.807) is 0 Å². The normalized spacial score (nSPS) is 23.2. The molecule has 0 aliphatic carbocycles. The van der Waals surface area contributed by atoms with E-state index in [4.69, 9.17) is 4.74 Å². The predicted molar refractivity (Wildman–Crippen MR) is 80.7 cm³/mol. The summed E-state index contributed by atoms with van der Waals surface area (Å²) in [5.41, 5.74) is 0. The number of carbonyl (C=O) groups excluding carboxylic acids is 1. The molecule has 0 N–H and O–H groups in total. The minimum absolute atomic E-state index is 0.192. The molecule has 0 aromatic carbocycles. The van der Waals surface area contributed by atoms with Gasteiger partial charge in [-0.05, 0) is 38.1 Å². The van der Waals surface area contributed by atoms with Crippen LogP contribution in [0.1, 0.15) is 46.0 Å². The molecule has 4 heteroatoms. The largest absolute Gasteiger partial charge is 0.368 e. The van der Waals surface area contributed by atoms with Crippen LogP contribution in [0.2, 0.25) is 0 Å². The Morgan fingerprint density at radius 2 is 1.70 bits per heavy atom. The molecule has 2 saturated heterocycles. The van der Waals surface area contributed by atoms with Crippen LogP contribution in [-0.4, -0.2) is 61.1 Å². The van der Waals surface area contributed by atoms with Crippen LogP contribution in [0.3, 0.4) is 0 Å². The average Bonchev–Trinajstić information content (AvgIpc) is 2.53. The predicted octanol–water partition coefficient (Wildman–Crippen LogP) is 2.14. The van der Waals surface area contributed by atoms with Crippen LogP contribution in [0.15, 0.2) is 0 Å². The highest BCUT2D eigenvalue weighted by atomic mass is 16.5. The van der Waals surface area contributed by atoms with Crippen molar-refractivity contribution in [2.24, 2.45) is 5.92 Å². The highest BCUT2D eigenvalue weighted by Crippen LogP contribution is 2.20. The molecule has 0 unspecified atom stereocenters. The van der Waals surface area contributed by atoms with Gasteiger partial charge in [0.1, 0.15) is 6.61 Å². The molecule has 20 heavy (non-hydrogen) atoms. The summed E-state index contributed by atoms with van der Waals surface area (Å²) in [6.07, 6.45) is 6.00. The minimum atomic E-state index is 0.192. The topological polar surface area (TPSA) is 32.8 Å². The van der Waals surface area contributed by atoms with E-state index in [2.05, 4.69) is 18.7 Å². The third-order valence-corrected chi connectivity index (χ3v) is 4.97. The van der Waals surface area contributed by atoms with Gasteiger partial charge in [0.2, 0.25) is 5.91 Å². The van der Waals surface area contributed by atoms with Crippen molar-refractivity contribution in [3.05, 3.63) is 0 Å². The summed E-state index contributed by atoms with van der Waals surface area (Å²) in [5, 5.41) is 0. The van der Waals surface area contributed by atoms with E-state index < -0.39 is 0 Å². The van der Waals surface area contributed by atoms with Crippen molar-refractivity contribution in [1.82, 2.24) is 9.80 Å². The van der Waals surface area contributed by atoms with E-state index in [0.717, 1.165) is 64.3 Å². The van der Waals surface area contributed by atoms with Crippen molar-refractivity contribution in [2.75, 3.05) is 39.3 Å². The van der Waals surface area contributed by atoms with Gasteiger partial charge >= 0.3 is 0 Å². The van der Waals surface area contributed by atoms with E-state index in [9.17, 15) is 4.79 Å². The Morgan fingerprint density at radius 3 is 2.25 bits per heavy atom. The van der Waals surface area contributed by atoms with E-state index in [1.165, 1.54) is 6.42 Å². The molecular weight excluding hydrogens is 252 g/mol. The van der Waals surface area contributed by atoms with Crippen LogP contribution in [-0.2, 0) is 9.53 Å². The molecule has 0 aromatic rings. The van der Waals surface area contributed by atoms with E-state index >= 15 is 0 Å². The Bertz CT molecular complexity index is 293. The number of hydrogen-bond donors (Lipinski definition) is 0. The molecule has 2 heterocycles. The average molecular weight is 282 g/mol. The number of hydrogen-bond acceptors (Lipinski definition) is 3. The van der Waals surface area contributed by atoms with Gasteiger partial charge in [0.05, 0.1) is 6.10 Å². The zero-order chi connectivity index (χ0) is 14.4. The fourth-order valence-electron chi connectivity index (χ4n) is 3.26. The monoisotopic (exact) mass is 282 g/mol. The van der Waals surface area contributed by atoms with Crippen molar-refractivity contribution in [3.8, 4) is 0 Å². The van der Waals surface area contributed by atoms with Crippen LogP contribution in [0.4, 0.5) is 0 Å². The van der Waals surface area contributed by atoms with E-state index in [1.807, 2.05) is 4.90 Å². The van der Waals surface area contributed by atoms with Crippen LogP contribution in [0, 0.1) is 5.92 Å². The van der Waals surface area contributed by atoms with E-state index in [-0.39, 0.29) is 18.6 Å². The maximum Gasteiger partial charge on any atom is 0.248 e. The highest BCUT2D eigenvalue weighted by molar-refractivity contribution is 5.77. The molecule has 0 spiro atoms. The fourth-order valence-corrected chi connectivity index (χ4v) is 3.26. The lowest BCUT2D eigenvalue weighted by molar-refractivity contribution is -0.140. The Kier molecular flexibility index (Phi) is 6.30. The van der Waals surface area contributed by atoms with Gasteiger partial charge in [-0.25, -0.2) is 0 Å². The molecule has 0 atom stereocenters. The summed E-state index contributed by atoms with van der Waals surface area (Å²) in [5.74, 6) is 1.01. The molecule has 2 aliphatic rings. The van der Waals surface area contributed by atoms with Gasteiger partial charge in [0, 0.05) is 26.2 Å². The second-order valence-corrected chi connectivity index (χ2v) is 6.18. The summed E-state index contributed by atoms with van der Waals surface area (Å²) >= 11 is 0. The summed E-state index contributed by atoms with van der Waals surface area (Å²) in [7, 11) is 0. The number of nitrogens with zero attached hydrogens (tertiary/aromatic N) is 2. The maximum absolute atomic E-state index is 12.1. The molecule has 2 fully saturated rings. The van der Waals surface area contributed by atoms with E-state index in [0.29, 0.717) is 0 Å². The Labute approximate surface area is 123 Å². The zero-order valence-corrected chi connectivity index (χ0v) is 13.1. The molecular formula is C16H30N2O2. The summed E-state index contributed by atoms with van der Waals surface area (Å²) < 4.78 is 5.83. The second-order valence-electron chi connectivity index (χ2n) is 6.18. The molecule has 4 nitrogen and oxygen atoms in total. The minimum Gasteiger partial charge on any atom is -0.368 e. The number of ether oxygens (including phenoxy) is 1. The molecule has 0 saturated carbocycles. The van der Waals surface area contributed by atoms with Gasteiger partial charge in [-0.1, -0.05) is 20.3 Å². The molecule has 0 radical (unpaired) electrons. The Morgan fingerprint density at radius 1 is 1.05 bits per heavy atom. The first-order chi connectivity index (χ1) is 9.72. The summed E-state index contributed by atoms with van der Waals surface area (Å²) in [4.78, 5) is 16.6. The quantitative estimate of drug-likeness (QED) is 0.774. The van der Waals surface area contributed by atoms with Crippen LogP contribution in [0.25, 0.3) is 0 Å². The first-order valence-corrected chi connectivity index (χ1v) is 8.34. The SMILES string of the molecule is CCC1CCN(C(=O)COC2CCN(CC)CC2)CC1. The summed E-state index contributed by atoms with van der Waals surface area (Å²) in [6.45, 7) is 9.92. The van der Waals surface area contributed by atoms with Gasteiger partial charge in [-0.15, -0.1) is 0 Å². The van der Waals surface area contributed by atoms with Crippen molar-refractivity contribution >= 4 is 5.91 Å². The third-order valence-electron chi connectivity index (χ3n) is 4.97. The van der Waals surface area contributed by atoms with Gasteiger partial charge in [0.15, 0.2) is 0 Å². The van der Waals surface area contributed by atoms with Gasteiger partial charge in [-0.2, -0.15) is 0 Å². The van der Waals surface area contributed by atoms with Crippen LogP contribution < -0.4 is 0 Å². The molecule has 2 rings (SSSR count). The van der Waals surface area contributed by atoms with Crippen molar-refractivity contribution < 1.29 is 9.53 Å².